The molecule has 0 bridgehead atoms. The second-order valence-electron chi connectivity index (χ2n) is 3.88. The van der Waals surface area contributed by atoms with E-state index in [0.29, 0.717) is 18.5 Å². The van der Waals surface area contributed by atoms with Gasteiger partial charge in [-0.15, -0.1) is 11.3 Å². The Balaban J connectivity index is 2.69. The van der Waals surface area contributed by atoms with Gasteiger partial charge < -0.3 is 9.05 Å². The molecule has 0 aliphatic rings. The van der Waals surface area contributed by atoms with Gasteiger partial charge in [0.05, 0.1) is 25.1 Å². The van der Waals surface area contributed by atoms with Gasteiger partial charge in [0, 0.05) is 10.6 Å². The van der Waals surface area contributed by atoms with Crippen molar-refractivity contribution in [1.29, 1.82) is 0 Å². The number of rotatable bonds is 8. The van der Waals surface area contributed by atoms with E-state index in [1.165, 1.54) is 0 Å². The number of nitrogens with zero attached hydrogens (tertiary/aromatic N) is 1. The van der Waals surface area contributed by atoms with Crippen molar-refractivity contribution in [1.82, 2.24) is 4.98 Å². The molecule has 18 heavy (non-hydrogen) atoms. The molecule has 7 heteroatoms. The predicted octanol–water partition coefficient (Wildman–Crippen LogP) is 4.41. The second-order valence-corrected chi connectivity index (χ2v) is 8.61. The molecule has 0 aliphatic carbocycles. The molecule has 0 fully saturated rings. The Bertz CT molecular complexity index is 399. The van der Waals surface area contributed by atoms with Crippen LogP contribution in [0.25, 0.3) is 0 Å². The lowest BCUT2D eigenvalue weighted by atomic mass is 10.6. The molecule has 0 N–H and O–H groups in total. The van der Waals surface area contributed by atoms with E-state index >= 15 is 0 Å². The molecule has 0 atom stereocenters. The number of hydrogen-bond acceptors (Lipinski definition) is 6. The molecule has 4 nitrogen and oxygen atoms in total. The molecule has 0 radical (unpaired) electrons. The first kappa shape index (κ1) is 16.2. The van der Waals surface area contributed by atoms with Gasteiger partial charge in [-0.1, -0.05) is 25.6 Å². The van der Waals surface area contributed by atoms with Crippen molar-refractivity contribution < 1.29 is 13.6 Å². The standard InChI is InChI=1S/C11H20NO3PS2/c1-5-14-16(13,15-6-2)7-10-8-17-11(12-10)18-9(3)4/h8-9H,5-7H2,1-4H3. The van der Waals surface area contributed by atoms with E-state index in [2.05, 4.69) is 18.8 Å². The zero-order valence-corrected chi connectivity index (χ0v) is 13.7. The molecule has 104 valence electrons. The van der Waals surface area contributed by atoms with E-state index in [0.717, 1.165) is 10.0 Å². The van der Waals surface area contributed by atoms with Crippen molar-refractivity contribution in [2.75, 3.05) is 13.2 Å². The summed E-state index contributed by atoms with van der Waals surface area (Å²) in [6.45, 7) is 8.64. The number of thiazole rings is 1. The predicted molar refractivity (Wildman–Crippen MR) is 77.7 cm³/mol. The summed E-state index contributed by atoms with van der Waals surface area (Å²) in [4.78, 5) is 4.45. The smallest absolute Gasteiger partial charge is 0.309 e. The van der Waals surface area contributed by atoms with Crippen LogP contribution >= 0.6 is 30.7 Å². The molecule has 0 aliphatic heterocycles. The Hall–Kier alpha value is 0.130. The highest BCUT2D eigenvalue weighted by molar-refractivity contribution is 8.01. The molecule has 0 spiro atoms. The van der Waals surface area contributed by atoms with Crippen molar-refractivity contribution in [2.45, 2.75) is 43.4 Å². The van der Waals surface area contributed by atoms with Gasteiger partial charge in [-0.25, -0.2) is 4.98 Å². The zero-order valence-electron chi connectivity index (χ0n) is 11.2. The zero-order chi connectivity index (χ0) is 13.6. The van der Waals surface area contributed by atoms with E-state index in [9.17, 15) is 4.57 Å². The Labute approximate surface area is 117 Å². The maximum atomic E-state index is 12.3. The van der Waals surface area contributed by atoms with Crippen LogP contribution in [0.4, 0.5) is 0 Å². The van der Waals surface area contributed by atoms with Crippen LogP contribution in [0.1, 0.15) is 33.4 Å². The minimum atomic E-state index is -3.03. The van der Waals surface area contributed by atoms with Crippen molar-refractivity contribution in [2.24, 2.45) is 0 Å². The Morgan fingerprint density at radius 3 is 2.50 bits per heavy atom. The highest BCUT2D eigenvalue weighted by Gasteiger charge is 2.25. The summed E-state index contributed by atoms with van der Waals surface area (Å²) in [5.74, 6) is 0. The van der Waals surface area contributed by atoms with E-state index in [4.69, 9.17) is 9.05 Å². The Morgan fingerprint density at radius 1 is 1.39 bits per heavy atom. The first-order valence-corrected chi connectivity index (χ1v) is 9.47. The third-order valence-corrected chi connectivity index (χ3v) is 5.91. The quantitative estimate of drug-likeness (QED) is 0.526. The van der Waals surface area contributed by atoms with Gasteiger partial charge in [-0.05, 0) is 13.8 Å². The van der Waals surface area contributed by atoms with E-state index in [-0.39, 0.29) is 6.16 Å². The molecule has 0 unspecified atom stereocenters. The lowest BCUT2D eigenvalue weighted by Gasteiger charge is -2.15. The lowest BCUT2D eigenvalue weighted by Crippen LogP contribution is -1.99. The van der Waals surface area contributed by atoms with E-state index in [1.807, 2.05) is 19.2 Å². The van der Waals surface area contributed by atoms with Crippen molar-refractivity contribution in [3.8, 4) is 0 Å². The van der Waals surface area contributed by atoms with Crippen molar-refractivity contribution in [3.63, 3.8) is 0 Å². The maximum Gasteiger partial charge on any atom is 0.336 e. The molecular formula is C11H20NO3PS2. The van der Waals surface area contributed by atoms with Gasteiger partial charge in [0.2, 0.25) is 0 Å². The number of thioether (sulfide) groups is 1. The van der Waals surface area contributed by atoms with Gasteiger partial charge in [-0.2, -0.15) is 0 Å². The topological polar surface area (TPSA) is 48.4 Å². The Morgan fingerprint density at radius 2 is 2.00 bits per heavy atom. The fraction of sp³-hybridized carbons (Fsp3) is 0.727. The molecule has 1 aromatic heterocycles. The summed E-state index contributed by atoms with van der Waals surface area (Å²) in [6, 6.07) is 0. The highest BCUT2D eigenvalue weighted by Crippen LogP contribution is 2.51. The lowest BCUT2D eigenvalue weighted by molar-refractivity contribution is 0.219. The maximum absolute atomic E-state index is 12.3. The van der Waals surface area contributed by atoms with Gasteiger partial charge in [-0.3, -0.25) is 4.57 Å². The van der Waals surface area contributed by atoms with Crippen LogP contribution in [0.3, 0.4) is 0 Å². The Kier molecular flexibility index (Phi) is 6.88. The average molecular weight is 309 g/mol. The van der Waals surface area contributed by atoms with Crippen LogP contribution < -0.4 is 0 Å². The van der Waals surface area contributed by atoms with Crippen LogP contribution in [0.15, 0.2) is 9.72 Å². The normalized spacial score (nSPS) is 12.3. The summed E-state index contributed by atoms with van der Waals surface area (Å²) in [7, 11) is -3.03. The number of aromatic nitrogens is 1. The SMILES string of the molecule is CCOP(=O)(Cc1csc(SC(C)C)n1)OCC. The molecule has 0 amide bonds. The fourth-order valence-corrected chi connectivity index (χ4v) is 5.12. The number of hydrogen-bond donors (Lipinski definition) is 0. The summed E-state index contributed by atoms with van der Waals surface area (Å²) in [6.07, 6.45) is 0.254. The monoisotopic (exact) mass is 309 g/mol. The molecule has 1 rings (SSSR count). The van der Waals surface area contributed by atoms with Crippen molar-refractivity contribution >= 4 is 30.7 Å². The summed E-state index contributed by atoms with van der Waals surface area (Å²) in [5.41, 5.74) is 0.786. The summed E-state index contributed by atoms with van der Waals surface area (Å²) >= 11 is 3.28. The molecule has 1 aromatic rings. The summed E-state index contributed by atoms with van der Waals surface area (Å²) in [5, 5.41) is 2.42. The molecule has 1 heterocycles. The van der Waals surface area contributed by atoms with Gasteiger partial charge in [0.1, 0.15) is 4.34 Å². The minimum Gasteiger partial charge on any atom is -0.309 e. The van der Waals surface area contributed by atoms with Crippen LogP contribution in [0.2, 0.25) is 0 Å². The first-order chi connectivity index (χ1) is 8.49. The largest absolute Gasteiger partial charge is 0.336 e. The van der Waals surface area contributed by atoms with Crippen LogP contribution in [0.5, 0.6) is 0 Å². The molecule has 0 saturated carbocycles. The molecular weight excluding hydrogens is 289 g/mol. The first-order valence-electron chi connectivity index (χ1n) is 5.98. The summed E-state index contributed by atoms with van der Waals surface area (Å²) < 4.78 is 23.8. The fourth-order valence-electron chi connectivity index (χ4n) is 1.34. The minimum absolute atomic E-state index is 0.254. The van der Waals surface area contributed by atoms with E-state index in [1.54, 1.807) is 23.1 Å². The van der Waals surface area contributed by atoms with Gasteiger partial charge in [0.25, 0.3) is 0 Å². The molecule has 0 aromatic carbocycles. The third kappa shape index (κ3) is 5.41. The van der Waals surface area contributed by atoms with Crippen LogP contribution in [-0.4, -0.2) is 23.4 Å². The van der Waals surface area contributed by atoms with Crippen molar-refractivity contribution in [3.05, 3.63) is 11.1 Å². The van der Waals surface area contributed by atoms with E-state index < -0.39 is 7.60 Å². The third-order valence-electron chi connectivity index (χ3n) is 1.87. The highest BCUT2D eigenvalue weighted by atomic mass is 32.2. The molecule has 0 saturated heterocycles. The van der Waals surface area contributed by atoms with Gasteiger partial charge >= 0.3 is 7.60 Å². The second kappa shape index (κ2) is 7.65. The van der Waals surface area contributed by atoms with Gasteiger partial charge in [0.15, 0.2) is 0 Å². The van der Waals surface area contributed by atoms with Crippen LogP contribution in [-0.2, 0) is 19.8 Å². The van der Waals surface area contributed by atoms with Crippen LogP contribution in [0, 0.1) is 0 Å². The average Bonchev–Trinajstić information content (AvgIpc) is 2.64.